The minimum absolute atomic E-state index is 0.790. The molecule has 17 heavy (non-hydrogen) atoms. The van der Waals surface area contributed by atoms with Crippen molar-refractivity contribution >= 4 is 11.6 Å². The van der Waals surface area contributed by atoms with Gasteiger partial charge in [-0.1, -0.05) is 11.6 Å². The monoisotopic (exact) mass is 253 g/mol. The zero-order valence-corrected chi connectivity index (χ0v) is 11.3. The van der Waals surface area contributed by atoms with E-state index in [-0.39, 0.29) is 0 Å². The third-order valence-electron chi connectivity index (χ3n) is 3.15. The number of methoxy groups -OCH3 is 1. The van der Waals surface area contributed by atoms with E-state index >= 15 is 0 Å². The van der Waals surface area contributed by atoms with Crippen LogP contribution in [0.3, 0.4) is 0 Å². The summed E-state index contributed by atoms with van der Waals surface area (Å²) in [6.07, 6.45) is 4.84. The molecule has 0 bridgehead atoms. The fourth-order valence-corrected chi connectivity index (χ4v) is 2.44. The van der Waals surface area contributed by atoms with Gasteiger partial charge in [-0.05, 0) is 62.4 Å². The molecule has 1 aromatic carbocycles. The lowest BCUT2D eigenvalue weighted by molar-refractivity contribution is 0.406. The summed E-state index contributed by atoms with van der Waals surface area (Å²) < 4.78 is 5.44. The summed E-state index contributed by atoms with van der Waals surface area (Å²) in [5, 5.41) is 4.32. The maximum Gasteiger partial charge on any atom is 0.125 e. The van der Waals surface area contributed by atoms with Crippen LogP contribution in [-0.4, -0.2) is 19.7 Å². The van der Waals surface area contributed by atoms with Crippen LogP contribution in [0.25, 0.3) is 0 Å². The first-order chi connectivity index (χ1) is 8.20. The van der Waals surface area contributed by atoms with Gasteiger partial charge in [0.1, 0.15) is 5.75 Å². The summed E-state index contributed by atoms with van der Waals surface area (Å²) in [6.45, 7) is 3.12. The molecule has 0 aliphatic heterocycles. The van der Waals surface area contributed by atoms with E-state index in [2.05, 4.69) is 5.32 Å². The van der Waals surface area contributed by atoms with Crippen LogP contribution >= 0.6 is 11.6 Å². The van der Waals surface area contributed by atoms with Crippen LogP contribution in [0.4, 0.5) is 0 Å². The van der Waals surface area contributed by atoms with Crippen molar-refractivity contribution in [2.75, 3.05) is 13.7 Å². The highest BCUT2D eigenvalue weighted by molar-refractivity contribution is 6.30. The molecule has 1 aliphatic carbocycles. The maximum atomic E-state index is 6.08. The highest BCUT2D eigenvalue weighted by Gasteiger charge is 2.19. The van der Waals surface area contributed by atoms with Gasteiger partial charge in [0, 0.05) is 11.1 Å². The van der Waals surface area contributed by atoms with Gasteiger partial charge < -0.3 is 10.1 Å². The standard InChI is InChI=1S/C14H20ClNO/c1-10-8-12(15)9-11(14(10)17-2)4-3-7-16-13-5-6-13/h8-9,13,16H,3-7H2,1-2H3. The number of nitrogens with one attached hydrogen (secondary N) is 1. The Morgan fingerprint density at radius 3 is 2.82 bits per heavy atom. The molecule has 0 radical (unpaired) electrons. The zero-order valence-electron chi connectivity index (χ0n) is 10.6. The highest BCUT2D eigenvalue weighted by atomic mass is 35.5. The molecular formula is C14H20ClNO. The zero-order chi connectivity index (χ0) is 12.3. The quantitative estimate of drug-likeness (QED) is 0.786. The fraction of sp³-hybridized carbons (Fsp3) is 0.571. The molecule has 0 unspecified atom stereocenters. The molecule has 0 amide bonds. The van der Waals surface area contributed by atoms with Crippen molar-refractivity contribution in [1.82, 2.24) is 5.32 Å². The van der Waals surface area contributed by atoms with Crippen molar-refractivity contribution in [2.24, 2.45) is 0 Å². The smallest absolute Gasteiger partial charge is 0.125 e. The maximum absolute atomic E-state index is 6.08. The number of hydrogen-bond acceptors (Lipinski definition) is 2. The van der Waals surface area contributed by atoms with Crippen molar-refractivity contribution in [3.05, 3.63) is 28.3 Å². The average Bonchev–Trinajstić information content (AvgIpc) is 3.07. The SMILES string of the molecule is COc1c(C)cc(Cl)cc1CCCNC1CC1. The molecule has 0 heterocycles. The van der Waals surface area contributed by atoms with Crippen LogP contribution in [0.2, 0.25) is 5.02 Å². The Morgan fingerprint density at radius 2 is 2.18 bits per heavy atom. The number of benzene rings is 1. The van der Waals surface area contributed by atoms with Crippen LogP contribution in [0.15, 0.2) is 12.1 Å². The van der Waals surface area contributed by atoms with Gasteiger partial charge >= 0.3 is 0 Å². The largest absolute Gasteiger partial charge is 0.496 e. The summed E-state index contributed by atoms with van der Waals surface area (Å²) in [4.78, 5) is 0. The van der Waals surface area contributed by atoms with Gasteiger partial charge in [-0.3, -0.25) is 0 Å². The predicted molar refractivity (Wildman–Crippen MR) is 72.1 cm³/mol. The first-order valence-electron chi connectivity index (χ1n) is 6.27. The van der Waals surface area contributed by atoms with Crippen molar-refractivity contribution in [3.63, 3.8) is 0 Å². The van der Waals surface area contributed by atoms with E-state index in [1.807, 2.05) is 19.1 Å². The predicted octanol–water partition coefficient (Wildman–Crippen LogP) is 3.34. The molecule has 1 N–H and O–H groups in total. The summed E-state index contributed by atoms with van der Waals surface area (Å²) in [5.74, 6) is 0.987. The molecule has 1 saturated carbocycles. The molecule has 1 aliphatic rings. The second-order valence-corrected chi connectivity index (χ2v) is 5.18. The second-order valence-electron chi connectivity index (χ2n) is 4.75. The molecule has 0 aromatic heterocycles. The lowest BCUT2D eigenvalue weighted by Gasteiger charge is -2.12. The normalized spacial score (nSPS) is 15.0. The summed E-state index contributed by atoms with van der Waals surface area (Å²) in [6, 6.07) is 4.76. The number of hydrogen-bond donors (Lipinski definition) is 1. The summed E-state index contributed by atoms with van der Waals surface area (Å²) >= 11 is 6.08. The molecule has 3 heteroatoms. The molecule has 0 spiro atoms. The Morgan fingerprint density at radius 1 is 1.41 bits per heavy atom. The molecule has 94 valence electrons. The Hall–Kier alpha value is -0.730. The molecule has 2 nitrogen and oxygen atoms in total. The van der Waals surface area contributed by atoms with E-state index in [0.717, 1.165) is 41.8 Å². The lowest BCUT2D eigenvalue weighted by atomic mass is 10.0. The van der Waals surface area contributed by atoms with Gasteiger partial charge in [0.15, 0.2) is 0 Å². The van der Waals surface area contributed by atoms with Crippen LogP contribution in [-0.2, 0) is 6.42 Å². The molecule has 2 rings (SSSR count). The Labute approximate surface area is 108 Å². The van der Waals surface area contributed by atoms with Gasteiger partial charge in [0.2, 0.25) is 0 Å². The van der Waals surface area contributed by atoms with Crippen LogP contribution < -0.4 is 10.1 Å². The number of rotatable bonds is 6. The van der Waals surface area contributed by atoms with E-state index in [9.17, 15) is 0 Å². The van der Waals surface area contributed by atoms with E-state index in [4.69, 9.17) is 16.3 Å². The van der Waals surface area contributed by atoms with Crippen molar-refractivity contribution in [3.8, 4) is 5.75 Å². The molecule has 0 atom stereocenters. The fourth-order valence-electron chi connectivity index (χ4n) is 2.15. The third kappa shape index (κ3) is 3.62. The van der Waals surface area contributed by atoms with Gasteiger partial charge in [-0.15, -0.1) is 0 Å². The topological polar surface area (TPSA) is 21.3 Å². The van der Waals surface area contributed by atoms with Crippen molar-refractivity contribution in [1.29, 1.82) is 0 Å². The number of halogens is 1. The van der Waals surface area contributed by atoms with Crippen molar-refractivity contribution in [2.45, 2.75) is 38.6 Å². The van der Waals surface area contributed by atoms with Crippen LogP contribution in [0, 0.1) is 6.92 Å². The van der Waals surface area contributed by atoms with E-state index in [0.29, 0.717) is 0 Å². The minimum atomic E-state index is 0.790. The summed E-state index contributed by atoms with van der Waals surface area (Å²) in [7, 11) is 1.72. The van der Waals surface area contributed by atoms with Crippen molar-refractivity contribution < 1.29 is 4.74 Å². The van der Waals surface area contributed by atoms with Crippen LogP contribution in [0.1, 0.15) is 30.4 Å². The van der Waals surface area contributed by atoms with Gasteiger partial charge in [-0.2, -0.15) is 0 Å². The number of aryl methyl sites for hydroxylation is 2. The Balaban J connectivity index is 1.92. The second kappa shape index (κ2) is 5.74. The highest BCUT2D eigenvalue weighted by Crippen LogP contribution is 2.28. The minimum Gasteiger partial charge on any atom is -0.496 e. The third-order valence-corrected chi connectivity index (χ3v) is 3.37. The molecule has 0 saturated heterocycles. The van der Waals surface area contributed by atoms with Gasteiger partial charge in [0.25, 0.3) is 0 Å². The Kier molecular flexibility index (Phi) is 4.30. The first-order valence-corrected chi connectivity index (χ1v) is 6.65. The van der Waals surface area contributed by atoms with E-state index in [1.54, 1.807) is 7.11 Å². The molecular weight excluding hydrogens is 234 g/mol. The summed E-state index contributed by atoms with van der Waals surface area (Å²) in [5.41, 5.74) is 2.33. The van der Waals surface area contributed by atoms with Gasteiger partial charge in [0.05, 0.1) is 7.11 Å². The van der Waals surface area contributed by atoms with E-state index in [1.165, 1.54) is 18.4 Å². The first kappa shape index (κ1) is 12.7. The lowest BCUT2D eigenvalue weighted by Crippen LogP contribution is -2.18. The van der Waals surface area contributed by atoms with E-state index < -0.39 is 0 Å². The average molecular weight is 254 g/mol. The molecule has 1 aromatic rings. The van der Waals surface area contributed by atoms with Crippen LogP contribution in [0.5, 0.6) is 5.75 Å². The van der Waals surface area contributed by atoms with Gasteiger partial charge in [-0.25, -0.2) is 0 Å². The number of ether oxygens (including phenoxy) is 1. The Bertz CT molecular complexity index is 388. The molecule has 1 fully saturated rings.